The lowest BCUT2D eigenvalue weighted by atomic mass is 10.1. The number of hydrogen-bond donors (Lipinski definition) is 2. The van der Waals surface area contributed by atoms with Gasteiger partial charge in [-0.25, -0.2) is 0 Å². The first-order chi connectivity index (χ1) is 10.2. The quantitative estimate of drug-likeness (QED) is 0.652. The summed E-state index contributed by atoms with van der Waals surface area (Å²) in [5.41, 5.74) is 0.827. The number of aromatic nitrogens is 1. The van der Waals surface area contributed by atoms with Crippen molar-refractivity contribution in [1.82, 2.24) is 15.2 Å². The van der Waals surface area contributed by atoms with Gasteiger partial charge in [0.05, 0.1) is 4.92 Å². The van der Waals surface area contributed by atoms with Crippen molar-refractivity contribution in [1.29, 1.82) is 0 Å². The fourth-order valence-corrected chi connectivity index (χ4v) is 2.67. The van der Waals surface area contributed by atoms with Crippen LogP contribution in [0, 0.1) is 10.1 Å². The molecule has 1 saturated heterocycles. The average molecular weight is 288 g/mol. The van der Waals surface area contributed by atoms with Gasteiger partial charge in [-0.3, -0.25) is 20.0 Å². The molecule has 110 valence electrons. The molecule has 2 aromatic rings. The highest BCUT2D eigenvalue weighted by Gasteiger charge is 2.21. The Morgan fingerprint density at radius 1 is 1.43 bits per heavy atom. The second kappa shape index (κ2) is 5.63. The lowest BCUT2D eigenvalue weighted by molar-refractivity contribution is -0.385. The molecule has 7 heteroatoms. The van der Waals surface area contributed by atoms with Crippen molar-refractivity contribution in [2.24, 2.45) is 0 Å². The van der Waals surface area contributed by atoms with Gasteiger partial charge in [-0.15, -0.1) is 0 Å². The number of hydrogen-bond acceptors (Lipinski definition) is 6. The predicted octanol–water partition coefficient (Wildman–Crippen LogP) is 1.25. The van der Waals surface area contributed by atoms with E-state index >= 15 is 0 Å². The molecule has 1 aromatic heterocycles. The number of nitro benzene ring substituents is 1. The second-order valence-corrected chi connectivity index (χ2v) is 5.09. The van der Waals surface area contributed by atoms with Crippen LogP contribution in [0.15, 0.2) is 24.4 Å². The Morgan fingerprint density at radius 3 is 2.90 bits per heavy atom. The highest BCUT2D eigenvalue weighted by molar-refractivity contribution is 5.90. The molecule has 21 heavy (non-hydrogen) atoms. The predicted molar refractivity (Wildman–Crippen MR) is 78.2 cm³/mol. The first kappa shape index (κ1) is 13.7. The maximum Gasteiger partial charge on any atom is 0.313 e. The maximum absolute atomic E-state index is 11.1. The number of nitro groups is 1. The Bertz CT molecular complexity index is 683. The summed E-state index contributed by atoms with van der Waals surface area (Å²) in [4.78, 5) is 16.9. The average Bonchev–Trinajstić information content (AvgIpc) is 2.51. The third-order valence-electron chi connectivity index (χ3n) is 3.73. The molecule has 0 bridgehead atoms. The zero-order valence-corrected chi connectivity index (χ0v) is 11.5. The van der Waals surface area contributed by atoms with Crippen LogP contribution in [0.5, 0.6) is 5.75 Å². The first-order valence-corrected chi connectivity index (χ1v) is 6.84. The van der Waals surface area contributed by atoms with Crippen LogP contribution in [0.2, 0.25) is 0 Å². The van der Waals surface area contributed by atoms with Crippen molar-refractivity contribution in [3.05, 3.63) is 40.1 Å². The summed E-state index contributed by atoms with van der Waals surface area (Å²) in [5.74, 6) is -0.361. The van der Waals surface area contributed by atoms with Gasteiger partial charge in [0.15, 0.2) is 0 Å². The van der Waals surface area contributed by atoms with Gasteiger partial charge in [-0.2, -0.15) is 0 Å². The lowest BCUT2D eigenvalue weighted by Crippen LogP contribution is -2.42. The monoisotopic (exact) mass is 288 g/mol. The van der Waals surface area contributed by atoms with E-state index in [1.165, 1.54) is 12.3 Å². The smallest absolute Gasteiger partial charge is 0.313 e. The van der Waals surface area contributed by atoms with E-state index in [0.29, 0.717) is 6.54 Å². The van der Waals surface area contributed by atoms with E-state index in [1.807, 2.05) is 6.07 Å². The van der Waals surface area contributed by atoms with Crippen molar-refractivity contribution in [2.75, 3.05) is 26.2 Å². The van der Waals surface area contributed by atoms with Crippen LogP contribution in [0.1, 0.15) is 5.56 Å². The van der Waals surface area contributed by atoms with Crippen molar-refractivity contribution >= 4 is 16.6 Å². The number of benzene rings is 1. The number of rotatable bonds is 3. The van der Waals surface area contributed by atoms with Gasteiger partial charge in [-0.05, 0) is 11.6 Å². The van der Waals surface area contributed by atoms with E-state index in [1.54, 1.807) is 6.07 Å². The van der Waals surface area contributed by atoms with Crippen molar-refractivity contribution in [3.8, 4) is 5.75 Å². The summed E-state index contributed by atoms with van der Waals surface area (Å²) >= 11 is 0. The van der Waals surface area contributed by atoms with Crippen molar-refractivity contribution in [2.45, 2.75) is 6.54 Å². The van der Waals surface area contributed by atoms with E-state index in [9.17, 15) is 15.2 Å². The fraction of sp³-hybridized carbons (Fsp3) is 0.357. The molecule has 3 rings (SSSR count). The molecule has 7 nitrogen and oxygen atoms in total. The summed E-state index contributed by atoms with van der Waals surface area (Å²) in [6.07, 6.45) is 1.53. The van der Waals surface area contributed by atoms with Gasteiger partial charge in [0, 0.05) is 50.4 Å². The molecule has 2 heterocycles. The Labute approximate surface area is 121 Å². The van der Waals surface area contributed by atoms with E-state index in [-0.39, 0.29) is 17.0 Å². The molecule has 1 aromatic carbocycles. The Kier molecular flexibility index (Phi) is 3.68. The number of nitrogens with zero attached hydrogens (tertiary/aromatic N) is 3. The maximum atomic E-state index is 11.1. The van der Waals surface area contributed by atoms with E-state index in [4.69, 9.17) is 0 Å². The zero-order valence-electron chi connectivity index (χ0n) is 11.5. The summed E-state index contributed by atoms with van der Waals surface area (Å²) in [7, 11) is 0. The fourth-order valence-electron chi connectivity index (χ4n) is 2.67. The number of aromatic hydroxyl groups is 1. The Morgan fingerprint density at radius 2 is 2.19 bits per heavy atom. The van der Waals surface area contributed by atoms with Crippen molar-refractivity contribution in [3.63, 3.8) is 0 Å². The highest BCUT2D eigenvalue weighted by atomic mass is 16.6. The van der Waals surface area contributed by atoms with Crippen LogP contribution in [0.4, 0.5) is 5.69 Å². The molecule has 0 atom stereocenters. The van der Waals surface area contributed by atoms with Crippen molar-refractivity contribution < 1.29 is 10.0 Å². The molecular weight excluding hydrogens is 272 g/mol. The molecule has 2 N–H and O–H groups in total. The third kappa shape index (κ3) is 2.65. The van der Waals surface area contributed by atoms with E-state index in [0.717, 1.165) is 37.1 Å². The third-order valence-corrected chi connectivity index (χ3v) is 3.73. The molecule has 0 spiro atoms. The van der Waals surface area contributed by atoms with Gasteiger partial charge in [0.1, 0.15) is 5.52 Å². The SMILES string of the molecule is O=[N+]([O-])c1cc(CN2CCNCC2)c2cccnc2c1O. The number of nitrogens with one attached hydrogen (secondary N) is 1. The lowest BCUT2D eigenvalue weighted by Gasteiger charge is -2.27. The van der Waals surface area contributed by atoms with Crippen LogP contribution >= 0.6 is 0 Å². The number of piperazine rings is 1. The standard InChI is InChI=1S/C14H16N4O3/c19-14-12(18(20)21)8-10(9-17-6-4-15-5-7-17)11-2-1-3-16-13(11)14/h1-3,8,15,19H,4-7,9H2. The van der Waals surface area contributed by atoms with Gasteiger partial charge in [0.2, 0.25) is 5.75 Å². The second-order valence-electron chi connectivity index (χ2n) is 5.09. The summed E-state index contributed by atoms with van der Waals surface area (Å²) < 4.78 is 0. The van der Waals surface area contributed by atoms with Crippen LogP contribution in [-0.2, 0) is 6.54 Å². The largest absolute Gasteiger partial charge is 0.501 e. The minimum Gasteiger partial charge on any atom is -0.501 e. The first-order valence-electron chi connectivity index (χ1n) is 6.84. The highest BCUT2D eigenvalue weighted by Crippen LogP contribution is 2.35. The van der Waals surface area contributed by atoms with E-state index < -0.39 is 4.92 Å². The van der Waals surface area contributed by atoms with Gasteiger partial charge in [0.25, 0.3) is 0 Å². The summed E-state index contributed by atoms with van der Waals surface area (Å²) in [5, 5.41) is 25.2. The van der Waals surface area contributed by atoms with Gasteiger partial charge in [-0.1, -0.05) is 6.07 Å². The molecule has 1 fully saturated rings. The molecule has 1 aliphatic heterocycles. The molecule has 0 saturated carbocycles. The molecule has 0 amide bonds. The normalized spacial score (nSPS) is 16.2. The topological polar surface area (TPSA) is 91.5 Å². The van der Waals surface area contributed by atoms with Crippen LogP contribution in [0.25, 0.3) is 10.9 Å². The van der Waals surface area contributed by atoms with Gasteiger partial charge >= 0.3 is 5.69 Å². The minimum atomic E-state index is -0.565. The molecule has 0 radical (unpaired) electrons. The van der Waals surface area contributed by atoms with Crippen LogP contribution < -0.4 is 5.32 Å². The van der Waals surface area contributed by atoms with Crippen LogP contribution in [0.3, 0.4) is 0 Å². The van der Waals surface area contributed by atoms with E-state index in [2.05, 4.69) is 15.2 Å². The summed E-state index contributed by atoms with van der Waals surface area (Å²) in [6.45, 7) is 4.24. The van der Waals surface area contributed by atoms with Gasteiger partial charge < -0.3 is 10.4 Å². The Balaban J connectivity index is 2.07. The molecular formula is C14H16N4O3. The summed E-state index contributed by atoms with van der Waals surface area (Å²) in [6, 6.07) is 5.07. The number of phenols is 1. The number of pyridine rings is 1. The number of phenolic OH excluding ortho intramolecular Hbond substituents is 1. The molecule has 0 aliphatic carbocycles. The zero-order chi connectivity index (χ0) is 14.8. The molecule has 0 unspecified atom stereocenters. The van der Waals surface area contributed by atoms with Crippen LogP contribution in [-0.4, -0.2) is 46.1 Å². The Hall–Kier alpha value is -2.25. The number of fused-ring (bicyclic) bond motifs is 1. The minimum absolute atomic E-state index is 0.286. The molecule has 1 aliphatic rings.